The zero-order valence-corrected chi connectivity index (χ0v) is 20.7. The van der Waals surface area contributed by atoms with Crippen LogP contribution in [-0.4, -0.2) is 42.2 Å². The summed E-state index contributed by atoms with van der Waals surface area (Å²) < 4.78 is 53.1. The molecule has 0 unspecified atom stereocenters. The van der Waals surface area contributed by atoms with Gasteiger partial charge in [-0.25, -0.2) is 0 Å². The van der Waals surface area contributed by atoms with E-state index in [1.165, 1.54) is 6.07 Å². The number of carbonyl (C=O) groups is 1. The lowest BCUT2D eigenvalue weighted by atomic mass is 9.91. The predicted octanol–water partition coefficient (Wildman–Crippen LogP) is 6.51. The van der Waals surface area contributed by atoms with Gasteiger partial charge >= 0.3 is 12.1 Å². The lowest BCUT2D eigenvalue weighted by Gasteiger charge is -2.31. The summed E-state index contributed by atoms with van der Waals surface area (Å²) in [5.74, 6) is 0.239. The zero-order valence-electron chi connectivity index (χ0n) is 20.7. The molecular weight excluding hydrogens is 483 g/mol. The molecule has 5 nitrogen and oxygen atoms in total. The van der Waals surface area contributed by atoms with Crippen LogP contribution in [0.15, 0.2) is 42.0 Å². The molecule has 2 heterocycles. The van der Waals surface area contributed by atoms with Crippen LogP contribution in [0.5, 0.6) is 11.5 Å². The number of nitrogens with zero attached hydrogens (tertiary/aromatic N) is 1. The van der Waals surface area contributed by atoms with E-state index in [1.54, 1.807) is 24.3 Å². The second-order valence-electron chi connectivity index (χ2n) is 10.4. The van der Waals surface area contributed by atoms with Crippen LogP contribution in [-0.2, 0) is 17.6 Å². The van der Waals surface area contributed by atoms with Crippen molar-refractivity contribution >= 4 is 12.0 Å². The van der Waals surface area contributed by atoms with Crippen molar-refractivity contribution in [3.8, 4) is 11.5 Å². The molecule has 198 valence electrons. The monoisotopic (exact) mass is 515 g/mol. The summed E-state index contributed by atoms with van der Waals surface area (Å²) in [4.78, 5) is 13.4. The van der Waals surface area contributed by atoms with E-state index in [4.69, 9.17) is 9.47 Å². The van der Waals surface area contributed by atoms with Crippen LogP contribution in [0.3, 0.4) is 0 Å². The lowest BCUT2D eigenvalue weighted by Crippen LogP contribution is -2.38. The highest BCUT2D eigenvalue weighted by Crippen LogP contribution is 2.42. The highest BCUT2D eigenvalue weighted by molar-refractivity contribution is 5.70. The molecule has 2 fully saturated rings. The van der Waals surface area contributed by atoms with Crippen molar-refractivity contribution < 1.29 is 32.5 Å². The normalized spacial score (nSPS) is 19.3. The lowest BCUT2D eigenvalue weighted by molar-refractivity contribution is -0.143. The molecule has 0 aromatic heterocycles. The van der Waals surface area contributed by atoms with Crippen molar-refractivity contribution in [3.63, 3.8) is 0 Å². The molecule has 5 rings (SSSR count). The quantitative estimate of drug-likeness (QED) is 0.455. The van der Waals surface area contributed by atoms with Gasteiger partial charge in [-0.15, -0.1) is 0 Å². The van der Waals surface area contributed by atoms with Crippen molar-refractivity contribution in [2.45, 2.75) is 57.2 Å². The van der Waals surface area contributed by atoms with Crippen molar-refractivity contribution in [1.29, 1.82) is 0 Å². The van der Waals surface area contributed by atoms with E-state index in [1.807, 2.05) is 6.07 Å². The van der Waals surface area contributed by atoms with Gasteiger partial charge in [0.05, 0.1) is 11.5 Å². The highest BCUT2D eigenvalue weighted by atomic mass is 19.4. The first-order chi connectivity index (χ1) is 17.8. The van der Waals surface area contributed by atoms with Crippen LogP contribution in [0.1, 0.15) is 66.7 Å². The van der Waals surface area contributed by atoms with Gasteiger partial charge in [0.15, 0.2) is 0 Å². The second-order valence-corrected chi connectivity index (χ2v) is 10.4. The summed E-state index contributed by atoms with van der Waals surface area (Å²) in [5.41, 5.74) is 2.40. The second kappa shape index (κ2) is 10.8. The number of halogens is 3. The van der Waals surface area contributed by atoms with E-state index < -0.39 is 17.7 Å². The molecule has 37 heavy (non-hydrogen) atoms. The number of piperidine rings is 1. The number of hydrogen-bond acceptors (Lipinski definition) is 4. The minimum Gasteiger partial charge on any atom is -0.489 e. The SMILES string of the molecule is O=C(O)C1CCN(CC2=Cc3ccc(OCc4ccc(C5CCCC5)c(C(F)(F)F)c4)cc3OC2)CC1. The topological polar surface area (TPSA) is 59.0 Å². The van der Waals surface area contributed by atoms with Crippen LogP contribution in [0.4, 0.5) is 13.2 Å². The number of aliphatic carboxylic acids is 1. The van der Waals surface area contributed by atoms with Crippen LogP contribution >= 0.6 is 0 Å². The van der Waals surface area contributed by atoms with Gasteiger partial charge < -0.3 is 14.6 Å². The van der Waals surface area contributed by atoms with E-state index >= 15 is 0 Å². The largest absolute Gasteiger partial charge is 0.489 e. The molecule has 1 saturated carbocycles. The van der Waals surface area contributed by atoms with E-state index in [-0.39, 0.29) is 18.4 Å². The number of alkyl halides is 3. The van der Waals surface area contributed by atoms with Gasteiger partial charge in [-0.05, 0) is 85.7 Å². The van der Waals surface area contributed by atoms with Gasteiger partial charge in [-0.3, -0.25) is 9.69 Å². The summed E-state index contributed by atoms with van der Waals surface area (Å²) >= 11 is 0. The summed E-state index contributed by atoms with van der Waals surface area (Å²) in [7, 11) is 0. The van der Waals surface area contributed by atoms with Crippen molar-refractivity contribution in [2.75, 3.05) is 26.2 Å². The maximum atomic E-state index is 13.8. The Morgan fingerprint density at radius 1 is 1.05 bits per heavy atom. The molecule has 1 N–H and O–H groups in total. The number of carboxylic acids is 1. The third kappa shape index (κ3) is 6.12. The van der Waals surface area contributed by atoms with Gasteiger partial charge in [0, 0.05) is 18.2 Å². The molecule has 0 amide bonds. The standard InChI is InChI=1S/C29H32F3NO4/c30-29(31,32)26-14-19(5-8-25(26)21-3-1-2-4-21)17-36-24-7-6-23-13-20(18-37-27(23)15-24)16-33-11-9-22(10-12-33)28(34)35/h5-8,13-15,21-22H,1-4,9-12,16-18H2,(H,34,35). The first-order valence-electron chi connectivity index (χ1n) is 13.0. The van der Waals surface area contributed by atoms with Crippen LogP contribution in [0, 0.1) is 5.92 Å². The molecule has 0 spiro atoms. The Bertz CT molecular complexity index is 1160. The summed E-state index contributed by atoms with van der Waals surface area (Å²) in [6.45, 7) is 2.73. The van der Waals surface area contributed by atoms with E-state index in [0.717, 1.165) is 56.5 Å². The number of likely N-dealkylation sites (tertiary alicyclic amines) is 1. The Morgan fingerprint density at radius 2 is 1.81 bits per heavy atom. The van der Waals surface area contributed by atoms with Gasteiger partial charge in [0.25, 0.3) is 0 Å². The number of benzene rings is 2. The average Bonchev–Trinajstić information content (AvgIpc) is 3.42. The summed E-state index contributed by atoms with van der Waals surface area (Å²) in [5, 5.41) is 9.17. The number of rotatable bonds is 7. The maximum absolute atomic E-state index is 13.8. The third-order valence-corrected chi connectivity index (χ3v) is 7.74. The fourth-order valence-electron chi connectivity index (χ4n) is 5.70. The molecule has 8 heteroatoms. The summed E-state index contributed by atoms with van der Waals surface area (Å²) in [6, 6.07) is 10.1. The summed E-state index contributed by atoms with van der Waals surface area (Å²) in [6.07, 6.45) is 2.61. The minimum absolute atomic E-state index is 0.0149. The number of ether oxygens (including phenoxy) is 2. The first-order valence-corrected chi connectivity index (χ1v) is 13.0. The molecule has 0 atom stereocenters. The number of fused-ring (bicyclic) bond motifs is 1. The Labute approximate surface area is 214 Å². The number of hydrogen-bond donors (Lipinski definition) is 1. The Hall–Kier alpha value is -3.00. The molecule has 2 aliphatic heterocycles. The molecule has 3 aliphatic rings. The van der Waals surface area contributed by atoms with Crippen LogP contribution in [0.25, 0.3) is 6.08 Å². The smallest absolute Gasteiger partial charge is 0.416 e. The fraction of sp³-hybridized carbons (Fsp3) is 0.483. The van der Waals surface area contributed by atoms with Crippen molar-refractivity contribution in [1.82, 2.24) is 4.90 Å². The average molecular weight is 516 g/mol. The molecule has 2 aromatic carbocycles. The molecule has 0 radical (unpaired) electrons. The Kier molecular flexibility index (Phi) is 7.47. The molecule has 2 aromatic rings. The van der Waals surface area contributed by atoms with Crippen LogP contribution < -0.4 is 9.47 Å². The maximum Gasteiger partial charge on any atom is 0.416 e. The van der Waals surface area contributed by atoms with E-state index in [2.05, 4.69) is 11.0 Å². The molecule has 1 aliphatic carbocycles. The van der Waals surface area contributed by atoms with Gasteiger partial charge in [-0.2, -0.15) is 13.2 Å². The molecule has 0 bridgehead atoms. The van der Waals surface area contributed by atoms with Gasteiger partial charge in [-0.1, -0.05) is 25.0 Å². The highest BCUT2D eigenvalue weighted by Gasteiger charge is 2.36. The predicted molar refractivity (Wildman–Crippen MR) is 134 cm³/mol. The molecular formula is C29H32F3NO4. The first kappa shape index (κ1) is 25.6. The fourth-order valence-corrected chi connectivity index (χ4v) is 5.70. The minimum atomic E-state index is -4.39. The Balaban J connectivity index is 1.21. The number of carboxylic acid groups (broad SMARTS) is 1. The molecule has 1 saturated heterocycles. The van der Waals surface area contributed by atoms with Gasteiger partial charge in [0.1, 0.15) is 24.7 Å². The third-order valence-electron chi connectivity index (χ3n) is 7.74. The van der Waals surface area contributed by atoms with Crippen molar-refractivity contribution in [3.05, 3.63) is 64.2 Å². The van der Waals surface area contributed by atoms with Crippen LogP contribution in [0.2, 0.25) is 0 Å². The zero-order chi connectivity index (χ0) is 26.0. The van der Waals surface area contributed by atoms with E-state index in [9.17, 15) is 23.1 Å². The van der Waals surface area contributed by atoms with E-state index in [0.29, 0.717) is 42.1 Å². The van der Waals surface area contributed by atoms with Crippen molar-refractivity contribution in [2.24, 2.45) is 5.92 Å². The van der Waals surface area contributed by atoms with Gasteiger partial charge in [0.2, 0.25) is 0 Å². The Morgan fingerprint density at radius 3 is 2.51 bits per heavy atom.